The first-order valence-electron chi connectivity index (χ1n) is 9.80. The average Bonchev–Trinajstić information content (AvgIpc) is 3.17. The highest BCUT2D eigenvalue weighted by molar-refractivity contribution is 7.79. The van der Waals surface area contributed by atoms with Gasteiger partial charge < -0.3 is 0 Å². The van der Waals surface area contributed by atoms with Crippen LogP contribution in [0.4, 0.5) is 8.78 Å². The Morgan fingerprint density at radius 2 is 1.37 bits per heavy atom. The van der Waals surface area contributed by atoms with Crippen LogP contribution in [0.2, 0.25) is 0 Å². The van der Waals surface area contributed by atoms with Crippen LogP contribution in [0.5, 0.6) is 0 Å². The zero-order valence-corrected chi connectivity index (χ0v) is 18.1. The van der Waals surface area contributed by atoms with E-state index in [2.05, 4.69) is 45.0 Å². The van der Waals surface area contributed by atoms with Crippen LogP contribution in [0.1, 0.15) is 26.5 Å². The van der Waals surface area contributed by atoms with Crippen LogP contribution in [0.15, 0.2) is 85.1 Å². The van der Waals surface area contributed by atoms with Gasteiger partial charge in [0.1, 0.15) is 17.2 Å². The zero-order valence-electron chi connectivity index (χ0n) is 17.2. The summed E-state index contributed by atoms with van der Waals surface area (Å²) in [7, 11) is -1.08. The number of hydrogen-bond acceptors (Lipinski definition) is 1. The fraction of sp³-hybridized carbons (Fsp3) is 0.160. The lowest BCUT2D eigenvalue weighted by atomic mass is 9.93. The molecule has 0 spiro atoms. The van der Waals surface area contributed by atoms with Crippen LogP contribution in [-0.4, -0.2) is 9.55 Å². The Kier molecular flexibility index (Phi) is 5.53. The molecular formula is C25H23F2N2P. The maximum atomic E-state index is 14.8. The number of rotatable bonds is 4. The SMILES string of the molecule is CC(C)(C)c1cn(-c2cc(F)ccc2F)c(P(c2ccccc2)c2ccccc2)n1. The molecule has 0 aliphatic rings. The Balaban J connectivity index is 2.01. The predicted molar refractivity (Wildman–Crippen MR) is 121 cm³/mol. The first-order valence-corrected chi connectivity index (χ1v) is 11.1. The largest absolute Gasteiger partial charge is 0.296 e. The van der Waals surface area contributed by atoms with Crippen LogP contribution in [0.25, 0.3) is 5.69 Å². The lowest BCUT2D eigenvalue weighted by Crippen LogP contribution is -2.28. The molecule has 0 saturated heterocycles. The van der Waals surface area contributed by atoms with Crippen LogP contribution in [-0.2, 0) is 5.41 Å². The molecule has 0 unspecified atom stereocenters. The van der Waals surface area contributed by atoms with Gasteiger partial charge in [0.2, 0.25) is 0 Å². The Bertz CT molecular complexity index is 1110. The highest BCUT2D eigenvalue weighted by Crippen LogP contribution is 2.35. The molecule has 30 heavy (non-hydrogen) atoms. The second-order valence-corrected chi connectivity index (χ2v) is 10.3. The van der Waals surface area contributed by atoms with Gasteiger partial charge in [-0.15, -0.1) is 0 Å². The van der Waals surface area contributed by atoms with E-state index in [4.69, 9.17) is 4.98 Å². The van der Waals surface area contributed by atoms with Crippen molar-refractivity contribution in [2.45, 2.75) is 26.2 Å². The third kappa shape index (κ3) is 4.06. The van der Waals surface area contributed by atoms with E-state index in [-0.39, 0.29) is 11.1 Å². The molecule has 4 aromatic rings. The van der Waals surface area contributed by atoms with Crippen LogP contribution in [0, 0.1) is 11.6 Å². The third-order valence-electron chi connectivity index (χ3n) is 4.85. The molecule has 2 nitrogen and oxygen atoms in total. The molecule has 0 bridgehead atoms. The Labute approximate surface area is 177 Å². The second kappa shape index (κ2) is 8.12. The maximum absolute atomic E-state index is 14.8. The highest BCUT2D eigenvalue weighted by Gasteiger charge is 2.28. The minimum absolute atomic E-state index is 0.173. The van der Waals surface area contributed by atoms with E-state index >= 15 is 0 Å². The van der Waals surface area contributed by atoms with Crippen molar-refractivity contribution in [3.8, 4) is 5.69 Å². The number of benzene rings is 3. The summed E-state index contributed by atoms with van der Waals surface area (Å²) in [4.78, 5) is 4.98. The van der Waals surface area contributed by atoms with E-state index in [0.717, 1.165) is 27.9 Å². The quantitative estimate of drug-likeness (QED) is 0.415. The summed E-state index contributed by atoms with van der Waals surface area (Å²) in [5, 5.41) is 2.20. The zero-order chi connectivity index (χ0) is 21.3. The molecular weight excluding hydrogens is 397 g/mol. The van der Waals surface area contributed by atoms with Crippen molar-refractivity contribution >= 4 is 24.1 Å². The number of halogens is 2. The summed E-state index contributed by atoms with van der Waals surface area (Å²) in [5.74, 6) is -0.960. The molecule has 0 saturated carbocycles. The lowest BCUT2D eigenvalue weighted by Gasteiger charge is -2.20. The molecule has 152 valence electrons. The highest BCUT2D eigenvalue weighted by atomic mass is 31.1. The topological polar surface area (TPSA) is 17.8 Å². The molecule has 0 aliphatic heterocycles. The molecule has 5 heteroatoms. The van der Waals surface area contributed by atoms with Gasteiger partial charge in [-0.2, -0.15) is 0 Å². The monoisotopic (exact) mass is 420 g/mol. The number of imidazole rings is 1. The molecule has 3 aromatic carbocycles. The smallest absolute Gasteiger partial charge is 0.147 e. The van der Waals surface area contributed by atoms with Gasteiger partial charge in [-0.05, 0) is 22.7 Å². The summed E-state index contributed by atoms with van der Waals surface area (Å²) >= 11 is 0. The predicted octanol–water partition coefficient (Wildman–Crippen LogP) is 5.21. The van der Waals surface area contributed by atoms with Crippen molar-refractivity contribution in [3.63, 3.8) is 0 Å². The van der Waals surface area contributed by atoms with Crippen LogP contribution < -0.4 is 16.2 Å². The van der Waals surface area contributed by atoms with E-state index in [9.17, 15) is 8.78 Å². The molecule has 4 rings (SSSR count). The number of aromatic nitrogens is 2. The lowest BCUT2D eigenvalue weighted by molar-refractivity contribution is 0.571. The fourth-order valence-electron chi connectivity index (χ4n) is 3.27. The summed E-state index contributed by atoms with van der Waals surface area (Å²) in [5.41, 5.74) is 1.49. The van der Waals surface area contributed by atoms with Crippen LogP contribution >= 0.6 is 7.92 Å². The van der Waals surface area contributed by atoms with E-state index < -0.39 is 19.6 Å². The van der Waals surface area contributed by atoms with Crippen molar-refractivity contribution in [1.82, 2.24) is 9.55 Å². The molecule has 1 aromatic heterocycles. The van der Waals surface area contributed by atoms with Crippen LogP contribution in [0.3, 0.4) is 0 Å². The molecule has 0 radical (unpaired) electrons. The van der Waals surface area contributed by atoms with Gasteiger partial charge in [-0.3, -0.25) is 4.57 Å². The summed E-state index contributed by atoms with van der Waals surface area (Å²) in [6.07, 6.45) is 1.84. The number of hydrogen-bond donors (Lipinski definition) is 0. The first kappa shape index (κ1) is 20.4. The number of nitrogens with zero attached hydrogens (tertiary/aromatic N) is 2. The van der Waals surface area contributed by atoms with Gasteiger partial charge in [0.05, 0.1) is 11.4 Å². The third-order valence-corrected chi connectivity index (χ3v) is 7.20. The van der Waals surface area contributed by atoms with Crippen molar-refractivity contribution in [2.75, 3.05) is 0 Å². The van der Waals surface area contributed by atoms with Gasteiger partial charge in [0.15, 0.2) is 0 Å². The summed E-state index contributed by atoms with van der Waals surface area (Å²) in [6.45, 7) is 6.20. The Hall–Kier alpha value is -2.84. The fourth-order valence-corrected chi connectivity index (χ4v) is 5.56. The van der Waals surface area contributed by atoms with E-state index in [1.165, 1.54) is 12.1 Å². The molecule has 0 N–H and O–H groups in total. The minimum Gasteiger partial charge on any atom is -0.296 e. The average molecular weight is 420 g/mol. The van der Waals surface area contributed by atoms with Crippen molar-refractivity contribution in [2.24, 2.45) is 0 Å². The standard InChI is InChI=1S/C25H23F2N2P/c1-25(2,3)23-17-29(22-16-18(26)14-15-21(22)27)24(28-23)30(19-10-6-4-7-11-19)20-12-8-5-9-13-20/h4-17H,1-3H3. The Morgan fingerprint density at radius 3 is 1.90 bits per heavy atom. The van der Waals surface area contributed by atoms with Gasteiger partial charge in [-0.25, -0.2) is 13.8 Å². The molecule has 1 heterocycles. The molecule has 0 amide bonds. The van der Waals surface area contributed by atoms with Gasteiger partial charge in [-0.1, -0.05) is 81.4 Å². The van der Waals surface area contributed by atoms with Crippen molar-refractivity contribution in [3.05, 3.63) is 102 Å². The first-order chi connectivity index (χ1) is 14.3. The molecule has 0 fully saturated rings. The summed E-state index contributed by atoms with van der Waals surface area (Å²) in [6, 6.07) is 23.7. The normalized spacial score (nSPS) is 11.8. The second-order valence-electron chi connectivity index (χ2n) is 8.15. The maximum Gasteiger partial charge on any atom is 0.147 e. The van der Waals surface area contributed by atoms with Crippen molar-refractivity contribution in [1.29, 1.82) is 0 Å². The van der Waals surface area contributed by atoms with E-state index in [0.29, 0.717) is 0 Å². The van der Waals surface area contributed by atoms with Gasteiger partial charge >= 0.3 is 0 Å². The van der Waals surface area contributed by atoms with E-state index in [1.54, 1.807) is 4.57 Å². The minimum atomic E-state index is -1.08. The van der Waals surface area contributed by atoms with Crippen molar-refractivity contribution < 1.29 is 8.78 Å². The molecule has 0 aliphatic carbocycles. The van der Waals surface area contributed by atoms with Gasteiger partial charge in [0.25, 0.3) is 0 Å². The van der Waals surface area contributed by atoms with E-state index in [1.807, 2.05) is 42.6 Å². The Morgan fingerprint density at radius 1 is 0.800 bits per heavy atom. The summed E-state index contributed by atoms with van der Waals surface area (Å²) < 4.78 is 30.6. The van der Waals surface area contributed by atoms with Gasteiger partial charge in [0, 0.05) is 25.6 Å². The molecule has 0 atom stereocenters.